The Balaban J connectivity index is 1.49. The van der Waals surface area contributed by atoms with Gasteiger partial charge >= 0.3 is 5.97 Å². The first-order chi connectivity index (χ1) is 17.9. The first-order valence-electron chi connectivity index (χ1n) is 13.1. The Bertz CT molecular complexity index is 1350. The second-order valence-corrected chi connectivity index (χ2v) is 9.96. The van der Waals surface area contributed by atoms with Crippen molar-refractivity contribution in [2.24, 2.45) is 5.92 Å². The van der Waals surface area contributed by atoms with Gasteiger partial charge in [-0.2, -0.15) is 0 Å². The summed E-state index contributed by atoms with van der Waals surface area (Å²) in [6, 6.07) is 23.7. The molecular formula is C32H35NO4. The molecular weight excluding hydrogens is 462 g/mol. The van der Waals surface area contributed by atoms with E-state index in [0.717, 1.165) is 35.1 Å². The number of ether oxygens (including phenoxy) is 1. The fraction of sp³-hybridized carbons (Fsp3) is 0.312. The van der Waals surface area contributed by atoms with Crippen molar-refractivity contribution in [3.63, 3.8) is 0 Å². The van der Waals surface area contributed by atoms with Gasteiger partial charge in [0.1, 0.15) is 11.9 Å². The summed E-state index contributed by atoms with van der Waals surface area (Å²) in [4.78, 5) is 24.3. The second kappa shape index (κ2) is 11.9. The summed E-state index contributed by atoms with van der Waals surface area (Å²) < 4.78 is 8.26. The van der Waals surface area contributed by atoms with Gasteiger partial charge in [-0.1, -0.05) is 63.2 Å². The van der Waals surface area contributed by atoms with E-state index >= 15 is 0 Å². The highest BCUT2D eigenvalue weighted by atomic mass is 16.5. The molecule has 1 heterocycles. The summed E-state index contributed by atoms with van der Waals surface area (Å²) in [6.07, 6.45) is 4.29. The van der Waals surface area contributed by atoms with Crippen LogP contribution in [-0.4, -0.2) is 21.4 Å². The van der Waals surface area contributed by atoms with E-state index in [9.17, 15) is 9.59 Å². The minimum atomic E-state index is -0.816. The molecule has 5 heteroatoms. The quantitative estimate of drug-likeness (QED) is 0.206. The maximum Gasteiger partial charge on any atom is 0.303 e. The Hall–Kier alpha value is -3.86. The Morgan fingerprint density at radius 1 is 0.946 bits per heavy atom. The average molecular weight is 498 g/mol. The molecule has 4 rings (SSSR count). The number of hydrogen-bond donors (Lipinski definition) is 1. The van der Waals surface area contributed by atoms with Crippen LogP contribution < -0.4 is 4.74 Å². The lowest BCUT2D eigenvalue weighted by Crippen LogP contribution is -2.07. The van der Waals surface area contributed by atoms with Gasteiger partial charge in [-0.15, -0.1) is 0 Å². The number of carboxylic acids is 1. The molecule has 192 valence electrons. The number of carbonyl (C=O) groups is 2. The summed E-state index contributed by atoms with van der Waals surface area (Å²) in [5.41, 5.74) is 4.62. The van der Waals surface area contributed by atoms with Crippen LogP contribution in [0.1, 0.15) is 73.2 Å². The molecule has 1 N–H and O–H groups in total. The number of carboxylic acid groups (broad SMARTS) is 1. The minimum absolute atomic E-state index is 0.0570. The zero-order valence-corrected chi connectivity index (χ0v) is 21.8. The van der Waals surface area contributed by atoms with Gasteiger partial charge in [0.15, 0.2) is 5.78 Å². The minimum Gasteiger partial charge on any atom is -0.486 e. The van der Waals surface area contributed by atoms with E-state index in [4.69, 9.17) is 9.84 Å². The topological polar surface area (TPSA) is 68.5 Å². The number of nitrogens with zero attached hydrogens (tertiary/aromatic N) is 1. The first-order valence-corrected chi connectivity index (χ1v) is 13.1. The van der Waals surface area contributed by atoms with Gasteiger partial charge in [-0.25, -0.2) is 0 Å². The lowest BCUT2D eigenvalue weighted by atomic mass is 9.99. The van der Waals surface area contributed by atoms with E-state index in [-0.39, 0.29) is 18.3 Å². The molecule has 4 aromatic rings. The van der Waals surface area contributed by atoms with Crippen LogP contribution in [-0.2, 0) is 17.8 Å². The molecule has 0 amide bonds. The van der Waals surface area contributed by atoms with E-state index in [1.165, 1.54) is 5.56 Å². The smallest absolute Gasteiger partial charge is 0.303 e. The third-order valence-electron chi connectivity index (χ3n) is 6.58. The van der Waals surface area contributed by atoms with E-state index in [2.05, 4.69) is 45.0 Å². The first kappa shape index (κ1) is 26.2. The highest BCUT2D eigenvalue weighted by Crippen LogP contribution is 2.28. The van der Waals surface area contributed by atoms with Gasteiger partial charge in [0.25, 0.3) is 0 Å². The summed E-state index contributed by atoms with van der Waals surface area (Å²) in [6.45, 7) is 7.10. The standard InChI is InChI=1S/C32H35NO4/c1-4-30(24-13-11-23(12-14-24)20-22(2)3)37-26-17-15-25(16-18-26)32(36)28-21-33(19-7-10-31(34)35)29-9-6-5-8-27(28)29/h5-6,8-9,11-18,21-22,30H,4,7,10,19-20H2,1-3H3,(H,34,35)/t30-/m1/s1. The van der Waals surface area contributed by atoms with Crippen molar-refractivity contribution in [2.45, 2.75) is 59.1 Å². The third-order valence-corrected chi connectivity index (χ3v) is 6.58. The van der Waals surface area contributed by atoms with Crippen molar-refractivity contribution in [3.8, 4) is 5.75 Å². The number of benzene rings is 3. The molecule has 37 heavy (non-hydrogen) atoms. The van der Waals surface area contributed by atoms with Crippen molar-refractivity contribution < 1.29 is 19.4 Å². The predicted octanol–water partition coefficient (Wildman–Crippen LogP) is 7.47. The molecule has 0 aliphatic carbocycles. The number of carbonyl (C=O) groups excluding carboxylic acids is 1. The van der Waals surface area contributed by atoms with E-state index in [1.807, 2.05) is 59.3 Å². The SMILES string of the molecule is CC[C@@H](Oc1ccc(C(=O)c2cn(CCCC(=O)O)c3ccccc23)cc1)c1ccc(CC(C)C)cc1. The lowest BCUT2D eigenvalue weighted by Gasteiger charge is -2.19. The molecule has 0 spiro atoms. The number of hydrogen-bond acceptors (Lipinski definition) is 3. The Kier molecular flexibility index (Phi) is 8.44. The molecule has 5 nitrogen and oxygen atoms in total. The van der Waals surface area contributed by atoms with Gasteiger partial charge in [0.05, 0.1) is 0 Å². The summed E-state index contributed by atoms with van der Waals surface area (Å²) >= 11 is 0. The second-order valence-electron chi connectivity index (χ2n) is 9.96. The zero-order valence-electron chi connectivity index (χ0n) is 21.8. The van der Waals surface area contributed by atoms with Crippen molar-refractivity contribution in [1.82, 2.24) is 4.57 Å². The number of aliphatic carboxylic acids is 1. The van der Waals surface area contributed by atoms with E-state index in [0.29, 0.717) is 30.0 Å². The van der Waals surface area contributed by atoms with Crippen molar-refractivity contribution in [2.75, 3.05) is 0 Å². The van der Waals surface area contributed by atoms with Crippen LogP contribution in [0.2, 0.25) is 0 Å². The molecule has 0 saturated heterocycles. The fourth-order valence-electron chi connectivity index (χ4n) is 4.74. The largest absolute Gasteiger partial charge is 0.486 e. The van der Waals surface area contributed by atoms with Crippen LogP contribution in [0.4, 0.5) is 0 Å². The van der Waals surface area contributed by atoms with Gasteiger partial charge < -0.3 is 14.4 Å². The number of fused-ring (bicyclic) bond motifs is 1. The Morgan fingerprint density at radius 2 is 1.65 bits per heavy atom. The highest BCUT2D eigenvalue weighted by Gasteiger charge is 2.18. The summed E-state index contributed by atoms with van der Waals surface area (Å²) in [5.74, 6) is 0.473. The molecule has 0 aliphatic heterocycles. The van der Waals surface area contributed by atoms with Gasteiger partial charge in [0.2, 0.25) is 0 Å². The number of aryl methyl sites for hydroxylation is 1. The number of aromatic nitrogens is 1. The Morgan fingerprint density at radius 3 is 2.30 bits per heavy atom. The van der Waals surface area contributed by atoms with Crippen LogP contribution in [0.25, 0.3) is 10.9 Å². The number of rotatable bonds is 12. The molecule has 0 aliphatic rings. The number of para-hydroxylation sites is 1. The monoisotopic (exact) mass is 497 g/mol. The molecule has 0 unspecified atom stereocenters. The predicted molar refractivity (Wildman–Crippen MR) is 147 cm³/mol. The molecule has 0 radical (unpaired) electrons. The molecule has 3 aromatic carbocycles. The normalized spacial score (nSPS) is 12.1. The van der Waals surface area contributed by atoms with Crippen molar-refractivity contribution in [3.05, 3.63) is 101 Å². The van der Waals surface area contributed by atoms with Crippen molar-refractivity contribution >= 4 is 22.7 Å². The molecule has 0 bridgehead atoms. The van der Waals surface area contributed by atoms with E-state index in [1.54, 1.807) is 0 Å². The lowest BCUT2D eigenvalue weighted by molar-refractivity contribution is -0.137. The number of ketones is 1. The molecule has 0 fully saturated rings. The van der Waals surface area contributed by atoms with Gasteiger partial charge in [0, 0.05) is 41.2 Å². The molecule has 1 atom stereocenters. The highest BCUT2D eigenvalue weighted by molar-refractivity contribution is 6.16. The summed E-state index contributed by atoms with van der Waals surface area (Å²) in [5, 5.41) is 9.84. The maximum atomic E-state index is 13.4. The average Bonchev–Trinajstić information content (AvgIpc) is 3.26. The van der Waals surface area contributed by atoms with E-state index < -0.39 is 5.97 Å². The van der Waals surface area contributed by atoms with Crippen LogP contribution in [0.3, 0.4) is 0 Å². The zero-order chi connectivity index (χ0) is 26.4. The summed E-state index contributed by atoms with van der Waals surface area (Å²) in [7, 11) is 0. The van der Waals surface area contributed by atoms with Crippen LogP contribution in [0, 0.1) is 5.92 Å². The molecule has 1 aromatic heterocycles. The van der Waals surface area contributed by atoms with Crippen LogP contribution in [0.15, 0.2) is 79.0 Å². The van der Waals surface area contributed by atoms with Crippen molar-refractivity contribution in [1.29, 1.82) is 0 Å². The third kappa shape index (κ3) is 6.48. The van der Waals surface area contributed by atoms with Crippen LogP contribution in [0.5, 0.6) is 5.75 Å². The van der Waals surface area contributed by atoms with Gasteiger partial charge in [-0.05, 0) is 66.6 Å². The Labute approximate surface area is 218 Å². The maximum absolute atomic E-state index is 13.4. The van der Waals surface area contributed by atoms with Crippen LogP contribution >= 0.6 is 0 Å². The molecule has 0 saturated carbocycles. The fourth-order valence-corrected chi connectivity index (χ4v) is 4.74. The van der Waals surface area contributed by atoms with Gasteiger partial charge in [-0.3, -0.25) is 9.59 Å².